The second-order valence-electron chi connectivity index (χ2n) is 5.14. The van der Waals surface area contributed by atoms with Crippen LogP contribution in [0.3, 0.4) is 0 Å². The molecule has 0 radical (unpaired) electrons. The van der Waals surface area contributed by atoms with Crippen molar-refractivity contribution in [2.75, 3.05) is 0 Å². The van der Waals surface area contributed by atoms with Crippen LogP contribution in [0.4, 0.5) is 0 Å². The van der Waals surface area contributed by atoms with Crippen molar-refractivity contribution in [3.8, 4) is 11.6 Å². The minimum atomic E-state index is 0.442. The summed E-state index contributed by atoms with van der Waals surface area (Å²) in [7, 11) is 0. The fraction of sp³-hybridized carbons (Fsp3) is 0.167. The number of aryl methyl sites for hydroxylation is 2. The van der Waals surface area contributed by atoms with Gasteiger partial charge in [-0.3, -0.25) is 0 Å². The summed E-state index contributed by atoms with van der Waals surface area (Å²) in [4.78, 5) is 4.43. The Balaban J connectivity index is 2.09. The van der Waals surface area contributed by atoms with E-state index in [4.69, 9.17) is 16.3 Å². The zero-order chi connectivity index (χ0) is 14.8. The smallest absolute Gasteiger partial charge is 0.227 e. The van der Waals surface area contributed by atoms with Gasteiger partial charge in [-0.25, -0.2) is 4.98 Å². The normalized spacial score (nSPS) is 10.8. The molecule has 3 heteroatoms. The molecule has 21 heavy (non-hydrogen) atoms. The highest BCUT2D eigenvalue weighted by molar-refractivity contribution is 6.18. The lowest BCUT2D eigenvalue weighted by Gasteiger charge is -2.12. The van der Waals surface area contributed by atoms with Crippen molar-refractivity contribution in [1.29, 1.82) is 0 Å². The van der Waals surface area contributed by atoms with Gasteiger partial charge in [-0.2, -0.15) is 0 Å². The van der Waals surface area contributed by atoms with Crippen molar-refractivity contribution >= 4 is 22.4 Å². The molecule has 0 unspecified atom stereocenters. The van der Waals surface area contributed by atoms with E-state index in [9.17, 15) is 0 Å². The van der Waals surface area contributed by atoms with E-state index in [0.717, 1.165) is 27.6 Å². The van der Waals surface area contributed by atoms with E-state index in [1.165, 1.54) is 5.56 Å². The first-order valence-electron chi connectivity index (χ1n) is 6.86. The first kappa shape index (κ1) is 13.9. The Kier molecular flexibility index (Phi) is 3.80. The van der Waals surface area contributed by atoms with E-state index in [-0.39, 0.29) is 0 Å². The molecule has 1 aromatic heterocycles. The van der Waals surface area contributed by atoms with Gasteiger partial charge in [0.05, 0.1) is 0 Å². The number of rotatable bonds is 3. The van der Waals surface area contributed by atoms with E-state index in [0.29, 0.717) is 11.8 Å². The molecular weight excluding hydrogens is 282 g/mol. The summed E-state index contributed by atoms with van der Waals surface area (Å²) in [5.74, 6) is 1.89. The van der Waals surface area contributed by atoms with Crippen LogP contribution in [0, 0.1) is 13.8 Å². The van der Waals surface area contributed by atoms with Crippen molar-refractivity contribution in [2.24, 2.45) is 0 Å². The zero-order valence-electron chi connectivity index (χ0n) is 12.1. The molecule has 0 saturated carbocycles. The predicted octanol–water partition coefficient (Wildman–Crippen LogP) is 5.38. The van der Waals surface area contributed by atoms with Gasteiger partial charge in [0.1, 0.15) is 5.75 Å². The van der Waals surface area contributed by atoms with Crippen molar-refractivity contribution in [3.05, 3.63) is 65.4 Å². The minimum Gasteiger partial charge on any atom is -0.438 e. The first-order valence-corrected chi connectivity index (χ1v) is 7.40. The molecule has 0 aliphatic carbocycles. The third kappa shape index (κ3) is 2.72. The van der Waals surface area contributed by atoms with Gasteiger partial charge in [-0.05, 0) is 42.5 Å². The second-order valence-corrected chi connectivity index (χ2v) is 5.41. The average Bonchev–Trinajstić information content (AvgIpc) is 2.50. The Morgan fingerprint density at radius 3 is 2.52 bits per heavy atom. The van der Waals surface area contributed by atoms with Crippen molar-refractivity contribution < 1.29 is 4.74 Å². The van der Waals surface area contributed by atoms with Gasteiger partial charge in [0.25, 0.3) is 0 Å². The molecular formula is C18H16ClNO. The van der Waals surface area contributed by atoms with Crippen LogP contribution < -0.4 is 4.74 Å². The molecule has 0 saturated heterocycles. The van der Waals surface area contributed by atoms with Gasteiger partial charge >= 0.3 is 0 Å². The van der Waals surface area contributed by atoms with Crippen molar-refractivity contribution in [2.45, 2.75) is 19.7 Å². The van der Waals surface area contributed by atoms with Crippen LogP contribution in [0.15, 0.2) is 48.7 Å². The summed E-state index contributed by atoms with van der Waals surface area (Å²) in [5, 5.41) is 2.07. The molecule has 0 aliphatic heterocycles. The van der Waals surface area contributed by atoms with E-state index in [1.807, 2.05) is 43.3 Å². The molecule has 0 aliphatic rings. The van der Waals surface area contributed by atoms with Crippen molar-refractivity contribution in [1.82, 2.24) is 4.98 Å². The standard InChI is InChI=1S/C18H16ClNO/c1-12-7-8-17(13(2)9-12)21-18-16-6-4-3-5-15(16)14(10-19)11-20-18/h3-9,11H,10H2,1-2H3. The van der Waals surface area contributed by atoms with Crippen LogP contribution in [0.1, 0.15) is 16.7 Å². The van der Waals surface area contributed by atoms with Crippen LogP contribution in [0.2, 0.25) is 0 Å². The lowest BCUT2D eigenvalue weighted by atomic mass is 10.1. The van der Waals surface area contributed by atoms with E-state index < -0.39 is 0 Å². The Morgan fingerprint density at radius 1 is 1.05 bits per heavy atom. The van der Waals surface area contributed by atoms with Gasteiger partial charge in [0.2, 0.25) is 5.88 Å². The van der Waals surface area contributed by atoms with Gasteiger partial charge in [0.15, 0.2) is 0 Å². The third-order valence-corrected chi connectivity index (χ3v) is 3.81. The quantitative estimate of drug-likeness (QED) is 0.605. The number of hydrogen-bond acceptors (Lipinski definition) is 2. The number of halogens is 1. The molecule has 3 rings (SSSR count). The average molecular weight is 298 g/mol. The number of nitrogens with zero attached hydrogens (tertiary/aromatic N) is 1. The van der Waals surface area contributed by atoms with Gasteiger partial charge in [-0.15, -0.1) is 11.6 Å². The molecule has 2 aromatic carbocycles. The monoisotopic (exact) mass is 297 g/mol. The van der Waals surface area contributed by atoms with Crippen LogP contribution in [0.5, 0.6) is 11.6 Å². The molecule has 2 nitrogen and oxygen atoms in total. The number of fused-ring (bicyclic) bond motifs is 1. The molecule has 0 amide bonds. The highest BCUT2D eigenvalue weighted by atomic mass is 35.5. The van der Waals surface area contributed by atoms with Crippen LogP contribution >= 0.6 is 11.6 Å². The number of benzene rings is 2. The van der Waals surface area contributed by atoms with Crippen molar-refractivity contribution in [3.63, 3.8) is 0 Å². The van der Waals surface area contributed by atoms with Crippen LogP contribution in [-0.2, 0) is 5.88 Å². The molecule has 106 valence electrons. The summed E-state index contributed by atoms with van der Waals surface area (Å²) >= 11 is 5.98. The topological polar surface area (TPSA) is 22.1 Å². The summed E-state index contributed by atoms with van der Waals surface area (Å²) < 4.78 is 6.02. The molecule has 0 spiro atoms. The van der Waals surface area contributed by atoms with Gasteiger partial charge in [0, 0.05) is 17.5 Å². The first-order chi connectivity index (χ1) is 10.2. The summed E-state index contributed by atoms with van der Waals surface area (Å²) in [5.41, 5.74) is 3.33. The minimum absolute atomic E-state index is 0.442. The Hall–Kier alpha value is -2.06. The maximum Gasteiger partial charge on any atom is 0.227 e. The highest BCUT2D eigenvalue weighted by Crippen LogP contribution is 2.31. The largest absolute Gasteiger partial charge is 0.438 e. The summed E-state index contributed by atoms with van der Waals surface area (Å²) in [6.45, 7) is 4.11. The second kappa shape index (κ2) is 5.74. The van der Waals surface area contributed by atoms with Gasteiger partial charge in [-0.1, -0.05) is 35.9 Å². The number of alkyl halides is 1. The third-order valence-electron chi connectivity index (χ3n) is 3.52. The lowest BCUT2D eigenvalue weighted by Crippen LogP contribution is -1.94. The molecule has 3 aromatic rings. The Morgan fingerprint density at radius 2 is 1.81 bits per heavy atom. The van der Waals surface area contributed by atoms with E-state index in [1.54, 1.807) is 6.20 Å². The number of pyridine rings is 1. The molecule has 0 bridgehead atoms. The molecule has 0 N–H and O–H groups in total. The number of aromatic nitrogens is 1. The van der Waals surface area contributed by atoms with Crippen LogP contribution in [-0.4, -0.2) is 4.98 Å². The van der Waals surface area contributed by atoms with Gasteiger partial charge < -0.3 is 4.74 Å². The number of hydrogen-bond donors (Lipinski definition) is 0. The molecule has 0 atom stereocenters. The SMILES string of the molecule is Cc1ccc(Oc2ncc(CCl)c3ccccc23)c(C)c1. The fourth-order valence-corrected chi connectivity index (χ4v) is 2.64. The maximum absolute atomic E-state index is 6.02. The fourth-order valence-electron chi connectivity index (χ4n) is 2.43. The highest BCUT2D eigenvalue weighted by Gasteiger charge is 2.09. The Bertz CT molecular complexity index is 798. The lowest BCUT2D eigenvalue weighted by molar-refractivity contribution is 0.465. The maximum atomic E-state index is 6.02. The number of ether oxygens (including phenoxy) is 1. The molecule has 1 heterocycles. The Labute approximate surface area is 129 Å². The predicted molar refractivity (Wildman–Crippen MR) is 87.3 cm³/mol. The molecule has 0 fully saturated rings. The summed E-state index contributed by atoms with van der Waals surface area (Å²) in [6, 6.07) is 14.2. The zero-order valence-corrected chi connectivity index (χ0v) is 12.8. The van der Waals surface area contributed by atoms with E-state index in [2.05, 4.69) is 18.0 Å². The van der Waals surface area contributed by atoms with E-state index >= 15 is 0 Å². The summed E-state index contributed by atoms with van der Waals surface area (Å²) in [6.07, 6.45) is 1.79. The van der Waals surface area contributed by atoms with Crippen LogP contribution in [0.25, 0.3) is 10.8 Å².